The van der Waals surface area contributed by atoms with E-state index in [2.05, 4.69) is 6.92 Å². The molecule has 0 aliphatic heterocycles. The van der Waals surface area contributed by atoms with Crippen LogP contribution in [0.1, 0.15) is 19.8 Å². The molecule has 0 bridgehead atoms. The summed E-state index contributed by atoms with van der Waals surface area (Å²) in [6.07, 6.45) is 3.98. The van der Waals surface area contributed by atoms with Gasteiger partial charge >= 0.3 is 0 Å². The molecule has 0 aromatic rings. The Hall–Kier alpha value is -0.0800. The minimum Gasteiger partial charge on any atom is -0.396 e. The van der Waals surface area contributed by atoms with Crippen molar-refractivity contribution < 1.29 is 9.84 Å². The molecule has 0 heterocycles. The largest absolute Gasteiger partial charge is 0.396 e. The summed E-state index contributed by atoms with van der Waals surface area (Å²) < 4.78 is 5.10. The smallest absolute Gasteiger partial charge is 0.0520 e. The zero-order valence-electron chi connectivity index (χ0n) is 5.97. The highest BCUT2D eigenvalue weighted by atomic mass is 16.5. The number of ether oxygens (including phenoxy) is 1. The Balaban J connectivity index is 2.60. The van der Waals surface area contributed by atoms with E-state index in [1.165, 1.54) is 6.42 Å². The highest BCUT2D eigenvalue weighted by Gasteiger charge is 1.85. The third kappa shape index (κ3) is 7.92. The van der Waals surface area contributed by atoms with Crippen LogP contribution in [-0.2, 0) is 4.74 Å². The first-order chi connectivity index (χ1) is 4.41. The van der Waals surface area contributed by atoms with E-state index in [1.54, 1.807) is 6.42 Å². The average molecular weight is 131 g/mol. The third-order valence-electron chi connectivity index (χ3n) is 1.01. The lowest BCUT2D eigenvalue weighted by atomic mass is 10.4. The van der Waals surface area contributed by atoms with Crippen LogP contribution in [0, 0.1) is 6.42 Å². The zero-order valence-corrected chi connectivity index (χ0v) is 5.97. The minimum absolute atomic E-state index is 0.117. The molecule has 1 radical (unpaired) electrons. The Labute approximate surface area is 56.8 Å². The topological polar surface area (TPSA) is 29.5 Å². The van der Waals surface area contributed by atoms with Gasteiger partial charge in [0, 0.05) is 19.6 Å². The van der Waals surface area contributed by atoms with Crippen molar-refractivity contribution in [3.63, 3.8) is 0 Å². The van der Waals surface area contributed by atoms with Gasteiger partial charge in [-0.15, -0.1) is 0 Å². The van der Waals surface area contributed by atoms with Gasteiger partial charge in [0.15, 0.2) is 0 Å². The molecule has 0 saturated heterocycles. The van der Waals surface area contributed by atoms with Gasteiger partial charge in [-0.05, 0) is 6.42 Å². The van der Waals surface area contributed by atoms with Crippen LogP contribution in [0.5, 0.6) is 0 Å². The molecule has 2 nitrogen and oxygen atoms in total. The maximum atomic E-state index is 8.29. The quantitative estimate of drug-likeness (QED) is 0.545. The Morgan fingerprint density at radius 1 is 1.56 bits per heavy atom. The number of unbranched alkanes of at least 4 members (excludes halogenated alkanes) is 1. The summed E-state index contributed by atoms with van der Waals surface area (Å²) in [6, 6.07) is 0. The summed E-state index contributed by atoms with van der Waals surface area (Å²) in [6.45, 7) is 3.63. The van der Waals surface area contributed by atoms with Crippen LogP contribution in [0.2, 0.25) is 0 Å². The summed E-state index contributed by atoms with van der Waals surface area (Å²) in [5.74, 6) is 0. The van der Waals surface area contributed by atoms with Crippen molar-refractivity contribution in [2.75, 3.05) is 19.8 Å². The van der Waals surface area contributed by atoms with E-state index in [0.29, 0.717) is 6.61 Å². The van der Waals surface area contributed by atoms with Crippen LogP contribution in [0.3, 0.4) is 0 Å². The van der Waals surface area contributed by atoms with Crippen molar-refractivity contribution in [2.24, 2.45) is 0 Å². The fraction of sp³-hybridized carbons (Fsp3) is 0.857. The molecule has 9 heavy (non-hydrogen) atoms. The molecule has 0 unspecified atom stereocenters. The zero-order chi connectivity index (χ0) is 6.95. The van der Waals surface area contributed by atoms with E-state index in [0.717, 1.165) is 13.0 Å². The molecule has 0 rings (SSSR count). The van der Waals surface area contributed by atoms with Gasteiger partial charge < -0.3 is 9.84 Å². The van der Waals surface area contributed by atoms with Crippen molar-refractivity contribution in [3.05, 3.63) is 6.42 Å². The molecule has 0 spiro atoms. The fourth-order valence-corrected chi connectivity index (χ4v) is 0.466. The van der Waals surface area contributed by atoms with Crippen molar-refractivity contribution in [1.82, 2.24) is 0 Å². The standard InChI is InChI=1S/C7H15O2/c1-2-3-6-9-7-4-5-8/h4,8H,2-3,5-7H2,1H3. The number of hydrogen-bond donors (Lipinski definition) is 1. The average Bonchev–Trinajstić information content (AvgIpc) is 1.89. The number of hydrogen-bond acceptors (Lipinski definition) is 2. The molecule has 0 aromatic carbocycles. The number of aliphatic hydroxyl groups excluding tert-OH is 1. The molecule has 55 valence electrons. The third-order valence-corrected chi connectivity index (χ3v) is 1.01. The summed E-state index contributed by atoms with van der Waals surface area (Å²) in [5, 5.41) is 8.29. The fourth-order valence-electron chi connectivity index (χ4n) is 0.466. The lowest BCUT2D eigenvalue weighted by Gasteiger charge is -1.99. The molecular formula is C7H15O2. The predicted molar refractivity (Wildman–Crippen MR) is 37.1 cm³/mol. The first-order valence-electron chi connectivity index (χ1n) is 3.42. The van der Waals surface area contributed by atoms with Crippen LogP contribution < -0.4 is 0 Å². The van der Waals surface area contributed by atoms with E-state index in [9.17, 15) is 0 Å². The van der Waals surface area contributed by atoms with Crippen molar-refractivity contribution in [2.45, 2.75) is 19.8 Å². The van der Waals surface area contributed by atoms with Crippen LogP contribution in [0.15, 0.2) is 0 Å². The van der Waals surface area contributed by atoms with Gasteiger partial charge in [0.1, 0.15) is 0 Å². The Morgan fingerprint density at radius 2 is 2.33 bits per heavy atom. The van der Waals surface area contributed by atoms with E-state index in [1.807, 2.05) is 0 Å². The summed E-state index contributed by atoms with van der Waals surface area (Å²) in [5.41, 5.74) is 0. The van der Waals surface area contributed by atoms with Crippen molar-refractivity contribution >= 4 is 0 Å². The van der Waals surface area contributed by atoms with Gasteiger partial charge in [0.05, 0.1) is 6.61 Å². The summed E-state index contributed by atoms with van der Waals surface area (Å²) >= 11 is 0. The van der Waals surface area contributed by atoms with Crippen LogP contribution in [-0.4, -0.2) is 24.9 Å². The van der Waals surface area contributed by atoms with E-state index in [-0.39, 0.29) is 6.61 Å². The summed E-state index contributed by atoms with van der Waals surface area (Å²) in [4.78, 5) is 0. The van der Waals surface area contributed by atoms with Crippen molar-refractivity contribution in [1.29, 1.82) is 0 Å². The first kappa shape index (κ1) is 8.92. The number of rotatable bonds is 6. The normalized spacial score (nSPS) is 10.0. The Kier molecular flexibility index (Phi) is 7.85. The van der Waals surface area contributed by atoms with Crippen LogP contribution >= 0.6 is 0 Å². The molecular weight excluding hydrogens is 116 g/mol. The van der Waals surface area contributed by atoms with Gasteiger partial charge in [0.25, 0.3) is 0 Å². The maximum absolute atomic E-state index is 8.29. The van der Waals surface area contributed by atoms with Gasteiger partial charge in [-0.1, -0.05) is 13.3 Å². The van der Waals surface area contributed by atoms with E-state index >= 15 is 0 Å². The first-order valence-corrected chi connectivity index (χ1v) is 3.42. The summed E-state index contributed by atoms with van der Waals surface area (Å²) in [7, 11) is 0. The predicted octanol–water partition coefficient (Wildman–Crippen LogP) is 1.000. The van der Waals surface area contributed by atoms with Crippen LogP contribution in [0.4, 0.5) is 0 Å². The second-order valence-corrected chi connectivity index (χ2v) is 1.90. The maximum Gasteiger partial charge on any atom is 0.0520 e. The van der Waals surface area contributed by atoms with E-state index < -0.39 is 0 Å². The van der Waals surface area contributed by atoms with Gasteiger partial charge in [0.2, 0.25) is 0 Å². The number of aliphatic hydroxyl groups is 1. The van der Waals surface area contributed by atoms with E-state index in [4.69, 9.17) is 9.84 Å². The molecule has 0 aliphatic carbocycles. The van der Waals surface area contributed by atoms with Gasteiger partial charge in [-0.3, -0.25) is 0 Å². The molecule has 0 atom stereocenters. The molecule has 0 saturated carbocycles. The SMILES string of the molecule is CCCCOC[CH]CO. The lowest BCUT2D eigenvalue weighted by molar-refractivity contribution is 0.141. The molecule has 0 aliphatic rings. The monoisotopic (exact) mass is 131 g/mol. The molecule has 0 amide bonds. The Morgan fingerprint density at radius 3 is 2.89 bits per heavy atom. The van der Waals surface area contributed by atoms with Crippen LogP contribution in [0.25, 0.3) is 0 Å². The lowest BCUT2D eigenvalue weighted by Crippen LogP contribution is -1.99. The van der Waals surface area contributed by atoms with Crippen molar-refractivity contribution in [3.8, 4) is 0 Å². The molecule has 0 fully saturated rings. The molecule has 1 N–H and O–H groups in total. The van der Waals surface area contributed by atoms with Gasteiger partial charge in [-0.25, -0.2) is 0 Å². The van der Waals surface area contributed by atoms with Gasteiger partial charge in [-0.2, -0.15) is 0 Å². The highest BCUT2D eigenvalue weighted by Crippen LogP contribution is 1.87. The Bertz CT molecular complexity index is 40.2. The minimum atomic E-state index is 0.117. The molecule has 2 heteroatoms. The molecule has 0 aromatic heterocycles. The highest BCUT2D eigenvalue weighted by molar-refractivity contribution is 4.58. The second kappa shape index (κ2) is 7.92. The second-order valence-electron chi connectivity index (χ2n) is 1.90.